The van der Waals surface area contributed by atoms with Crippen molar-refractivity contribution in [2.75, 3.05) is 19.6 Å². The van der Waals surface area contributed by atoms with E-state index in [2.05, 4.69) is 5.32 Å². The first kappa shape index (κ1) is 18.6. The van der Waals surface area contributed by atoms with Crippen molar-refractivity contribution in [2.45, 2.75) is 25.4 Å². The van der Waals surface area contributed by atoms with Crippen molar-refractivity contribution in [3.63, 3.8) is 0 Å². The number of benzene rings is 2. The van der Waals surface area contributed by atoms with Crippen LogP contribution in [0.1, 0.15) is 29.6 Å². The summed E-state index contributed by atoms with van der Waals surface area (Å²) in [5.41, 5.74) is 0.582. The lowest BCUT2D eigenvalue weighted by Gasteiger charge is -2.46. The van der Waals surface area contributed by atoms with E-state index in [-0.39, 0.29) is 24.2 Å². The molecule has 28 heavy (non-hydrogen) atoms. The molecule has 2 aliphatic rings. The zero-order chi connectivity index (χ0) is 19.7. The molecule has 1 spiro atoms. The van der Waals surface area contributed by atoms with Crippen LogP contribution in [0, 0.1) is 11.2 Å². The maximum absolute atomic E-state index is 14.1. The van der Waals surface area contributed by atoms with Gasteiger partial charge in [0.1, 0.15) is 5.82 Å². The number of carbonyl (C=O) groups excluding carboxylic acids is 2. The van der Waals surface area contributed by atoms with Gasteiger partial charge in [0, 0.05) is 30.8 Å². The van der Waals surface area contributed by atoms with Crippen LogP contribution in [-0.4, -0.2) is 47.6 Å². The fourth-order valence-corrected chi connectivity index (χ4v) is 4.31. The largest absolute Gasteiger partial charge is 0.392 e. The Labute approximate surface area is 163 Å². The Morgan fingerprint density at radius 1 is 1.21 bits per heavy atom. The van der Waals surface area contributed by atoms with Gasteiger partial charge < -0.3 is 15.3 Å². The molecule has 6 heteroatoms. The molecule has 5 nitrogen and oxygen atoms in total. The van der Waals surface area contributed by atoms with E-state index in [0.717, 1.165) is 6.42 Å². The van der Waals surface area contributed by atoms with Crippen LogP contribution in [0.3, 0.4) is 0 Å². The Morgan fingerprint density at radius 2 is 2.04 bits per heavy atom. The van der Waals surface area contributed by atoms with Gasteiger partial charge in [0.15, 0.2) is 0 Å². The van der Waals surface area contributed by atoms with Crippen molar-refractivity contribution in [2.24, 2.45) is 5.41 Å². The van der Waals surface area contributed by atoms with Gasteiger partial charge in [-0.1, -0.05) is 30.3 Å². The third kappa shape index (κ3) is 3.18. The van der Waals surface area contributed by atoms with Gasteiger partial charge in [-0.15, -0.1) is 0 Å². The van der Waals surface area contributed by atoms with Crippen LogP contribution in [0.15, 0.2) is 48.5 Å². The summed E-state index contributed by atoms with van der Waals surface area (Å²) in [4.78, 5) is 27.3. The number of hydrogen-bond acceptors (Lipinski definition) is 3. The Hall–Kier alpha value is -2.73. The van der Waals surface area contributed by atoms with Gasteiger partial charge in [-0.2, -0.15) is 0 Å². The highest BCUT2D eigenvalue weighted by Gasteiger charge is 2.50. The number of likely N-dealkylation sites (tertiary alicyclic amines) is 1. The minimum Gasteiger partial charge on any atom is -0.392 e. The van der Waals surface area contributed by atoms with Gasteiger partial charge in [0.25, 0.3) is 5.91 Å². The summed E-state index contributed by atoms with van der Waals surface area (Å²) in [7, 11) is 0. The first-order valence-corrected chi connectivity index (χ1v) is 9.62. The number of piperidine rings is 2. The van der Waals surface area contributed by atoms with E-state index in [0.29, 0.717) is 42.6 Å². The predicted molar refractivity (Wildman–Crippen MR) is 103 cm³/mol. The fourth-order valence-electron chi connectivity index (χ4n) is 4.31. The monoisotopic (exact) mass is 382 g/mol. The zero-order valence-electron chi connectivity index (χ0n) is 15.5. The van der Waals surface area contributed by atoms with E-state index in [1.165, 1.54) is 6.07 Å². The second kappa shape index (κ2) is 7.36. The summed E-state index contributed by atoms with van der Waals surface area (Å²) in [5.74, 6) is -0.724. The van der Waals surface area contributed by atoms with Crippen LogP contribution >= 0.6 is 0 Å². The lowest BCUT2D eigenvalue weighted by Crippen LogP contribution is -2.62. The summed E-state index contributed by atoms with van der Waals surface area (Å²) in [6.45, 7) is 1.19. The first-order chi connectivity index (χ1) is 13.5. The highest BCUT2D eigenvalue weighted by atomic mass is 19.1. The molecule has 0 saturated carbocycles. The van der Waals surface area contributed by atoms with Crippen LogP contribution < -0.4 is 5.32 Å². The number of nitrogens with zero attached hydrogens (tertiary/aromatic N) is 1. The molecule has 146 valence electrons. The second-order valence-corrected chi connectivity index (χ2v) is 7.61. The molecule has 0 radical (unpaired) electrons. The first-order valence-electron chi connectivity index (χ1n) is 9.62. The maximum Gasteiger partial charge on any atom is 0.253 e. The van der Waals surface area contributed by atoms with Gasteiger partial charge in [0.2, 0.25) is 5.91 Å². The van der Waals surface area contributed by atoms with Gasteiger partial charge in [-0.3, -0.25) is 9.59 Å². The summed E-state index contributed by atoms with van der Waals surface area (Å²) in [6, 6.07) is 13.3. The molecule has 4 rings (SSSR count). The smallest absolute Gasteiger partial charge is 0.253 e. The number of aliphatic hydroxyl groups excluding tert-OH is 1. The number of aliphatic hydroxyl groups is 1. The second-order valence-electron chi connectivity index (χ2n) is 7.61. The van der Waals surface area contributed by atoms with Crippen molar-refractivity contribution in [3.8, 4) is 11.1 Å². The average molecular weight is 382 g/mol. The molecule has 2 atom stereocenters. The molecule has 2 N–H and O–H groups in total. The molecule has 2 saturated heterocycles. The van der Waals surface area contributed by atoms with E-state index < -0.39 is 11.5 Å². The van der Waals surface area contributed by atoms with Gasteiger partial charge >= 0.3 is 0 Å². The minimum absolute atomic E-state index is 0.177. The third-order valence-electron chi connectivity index (χ3n) is 5.90. The van der Waals surface area contributed by atoms with Crippen molar-refractivity contribution in [1.82, 2.24) is 10.2 Å². The Morgan fingerprint density at radius 3 is 2.82 bits per heavy atom. The molecule has 0 aliphatic carbocycles. The standard InChI is InChI=1S/C22H23FN2O3/c23-18-8-2-1-7-17(18)15-5-3-6-16(13-15)20(27)25-12-9-19(26)22(14-25)10-4-11-24-21(22)28/h1-3,5-8,13,19,26H,4,9-12,14H2,(H,24,28)/t19-,22+/m0/s1. The predicted octanol–water partition coefficient (Wildman–Crippen LogP) is 2.60. The van der Waals surface area contributed by atoms with E-state index in [9.17, 15) is 19.1 Å². The van der Waals surface area contributed by atoms with Crippen molar-refractivity contribution < 1.29 is 19.1 Å². The lowest BCUT2D eigenvalue weighted by atomic mass is 9.71. The van der Waals surface area contributed by atoms with Crippen molar-refractivity contribution >= 4 is 11.8 Å². The molecule has 0 bridgehead atoms. The molecule has 0 aromatic heterocycles. The number of hydrogen-bond donors (Lipinski definition) is 2. The summed E-state index contributed by atoms with van der Waals surface area (Å²) in [6.07, 6.45) is 0.973. The molecule has 2 aromatic carbocycles. The highest BCUT2D eigenvalue weighted by molar-refractivity contribution is 5.96. The average Bonchev–Trinajstić information content (AvgIpc) is 2.72. The summed E-state index contributed by atoms with van der Waals surface area (Å²) < 4.78 is 14.1. The Balaban J connectivity index is 1.60. The molecule has 2 aliphatic heterocycles. The van der Waals surface area contributed by atoms with Gasteiger partial charge in [-0.05, 0) is 43.0 Å². The van der Waals surface area contributed by atoms with E-state index in [1.54, 1.807) is 47.4 Å². The zero-order valence-corrected chi connectivity index (χ0v) is 15.5. The molecule has 2 heterocycles. The van der Waals surface area contributed by atoms with Crippen LogP contribution in [0.4, 0.5) is 4.39 Å². The normalized spacial score (nSPS) is 24.9. The van der Waals surface area contributed by atoms with Crippen LogP contribution in [0.2, 0.25) is 0 Å². The van der Waals surface area contributed by atoms with Crippen molar-refractivity contribution in [3.05, 3.63) is 59.9 Å². The quantitative estimate of drug-likeness (QED) is 0.839. The number of amides is 2. The molecule has 2 aromatic rings. The summed E-state index contributed by atoms with van der Waals surface area (Å²) in [5, 5.41) is 13.3. The topological polar surface area (TPSA) is 69.6 Å². The molecular formula is C22H23FN2O3. The van der Waals surface area contributed by atoms with Crippen molar-refractivity contribution in [1.29, 1.82) is 0 Å². The Kier molecular flexibility index (Phi) is 4.89. The van der Waals surface area contributed by atoms with E-state index in [1.807, 2.05) is 0 Å². The van der Waals surface area contributed by atoms with Crippen LogP contribution in [0.25, 0.3) is 11.1 Å². The maximum atomic E-state index is 14.1. The van der Waals surface area contributed by atoms with Crippen LogP contribution in [-0.2, 0) is 4.79 Å². The molecule has 2 amide bonds. The number of rotatable bonds is 2. The minimum atomic E-state index is -0.935. The van der Waals surface area contributed by atoms with Crippen LogP contribution in [0.5, 0.6) is 0 Å². The van der Waals surface area contributed by atoms with Gasteiger partial charge in [-0.25, -0.2) is 4.39 Å². The fraction of sp³-hybridized carbons (Fsp3) is 0.364. The summed E-state index contributed by atoms with van der Waals surface area (Å²) >= 11 is 0. The number of halogens is 1. The molecule has 0 unspecified atom stereocenters. The number of nitrogens with one attached hydrogen (secondary N) is 1. The molecule has 2 fully saturated rings. The van der Waals surface area contributed by atoms with Gasteiger partial charge in [0.05, 0.1) is 11.5 Å². The lowest BCUT2D eigenvalue weighted by molar-refractivity contribution is -0.147. The SMILES string of the molecule is O=C(c1cccc(-c2ccccc2F)c1)N1CC[C@H](O)[C@@]2(CCCNC2=O)C1. The molecular weight excluding hydrogens is 359 g/mol. The highest BCUT2D eigenvalue weighted by Crippen LogP contribution is 2.38. The third-order valence-corrected chi connectivity index (χ3v) is 5.90. The van der Waals surface area contributed by atoms with E-state index in [4.69, 9.17) is 0 Å². The Bertz CT molecular complexity index is 916. The number of carbonyl (C=O) groups is 2. The van der Waals surface area contributed by atoms with E-state index >= 15 is 0 Å².